The van der Waals surface area contributed by atoms with Crippen molar-refractivity contribution in [3.05, 3.63) is 97.8 Å². The predicted molar refractivity (Wildman–Crippen MR) is 176 cm³/mol. The van der Waals surface area contributed by atoms with Crippen LogP contribution in [-0.2, 0) is 19.0 Å². The Morgan fingerprint density at radius 2 is 1.71 bits per heavy atom. The van der Waals surface area contributed by atoms with E-state index in [1.54, 1.807) is 16.0 Å². The first-order valence-corrected chi connectivity index (χ1v) is 16.3. The maximum Gasteiger partial charge on any atom is 0.416 e. The number of rotatable bonds is 7. The summed E-state index contributed by atoms with van der Waals surface area (Å²) in [6.07, 6.45) is 1.75. The molecule has 1 amide bonds. The summed E-state index contributed by atoms with van der Waals surface area (Å²) in [5, 5.41) is 2.14. The highest BCUT2D eigenvalue weighted by atomic mass is 32.1. The van der Waals surface area contributed by atoms with Gasteiger partial charge in [0.05, 0.1) is 33.8 Å². The number of aromatic nitrogens is 2. The average molecular weight is 634 g/mol. The number of piperidine rings is 1. The van der Waals surface area contributed by atoms with Gasteiger partial charge in [0.25, 0.3) is 11.5 Å². The predicted octanol–water partition coefficient (Wildman–Crippen LogP) is 9.21. The van der Waals surface area contributed by atoms with Gasteiger partial charge in [0, 0.05) is 23.5 Å². The third-order valence-electron chi connectivity index (χ3n) is 8.39. The molecule has 4 aromatic rings. The van der Waals surface area contributed by atoms with Crippen LogP contribution in [0, 0.1) is 0 Å². The highest BCUT2D eigenvalue weighted by molar-refractivity contribution is 7.13. The van der Waals surface area contributed by atoms with E-state index in [9.17, 15) is 22.8 Å². The number of hydrogen-bond donors (Lipinski definition) is 0. The van der Waals surface area contributed by atoms with Gasteiger partial charge in [-0.05, 0) is 88.3 Å². The van der Waals surface area contributed by atoms with Gasteiger partial charge in [-0.3, -0.25) is 14.2 Å². The van der Waals surface area contributed by atoms with Crippen molar-refractivity contribution in [3.63, 3.8) is 0 Å². The minimum atomic E-state index is -4.44. The normalized spacial score (nSPS) is 15.3. The standard InChI is InChI=1S/C36H38F3N3O2S/c1-6-24-12-10-13-25(7-2)32(24)42-31(19-22(3)4)28(34(43)41-18-9-8-11-23(41)5)20-29(35(42)44)33-40-30(21-45-33)26-14-16-27(17-15-26)36(37,38)39/h10,12-17,19-21,23H,6-9,11,18H2,1-5H3/t23-/m0/s1. The zero-order chi connectivity index (χ0) is 32.5. The van der Waals surface area contributed by atoms with Crippen LogP contribution in [0.4, 0.5) is 13.2 Å². The molecule has 0 unspecified atom stereocenters. The van der Waals surface area contributed by atoms with E-state index in [0.717, 1.165) is 53.8 Å². The Kier molecular flexibility index (Phi) is 9.49. The number of carbonyl (C=O) groups is 1. The van der Waals surface area contributed by atoms with Gasteiger partial charge in [-0.15, -0.1) is 11.3 Å². The SMILES string of the molecule is CCc1cccc(CC)c1-n1c(C=C(C)C)c(C(=O)N2CCCC[C@@H]2C)cc(-c2nc(-c3ccc(C(F)(F)F)cc3)cs2)c1=O. The number of likely N-dealkylation sites (tertiary alicyclic amines) is 1. The van der Waals surface area contributed by atoms with Crippen molar-refractivity contribution < 1.29 is 18.0 Å². The number of nitrogens with zero attached hydrogens (tertiary/aromatic N) is 3. The molecule has 2 aromatic heterocycles. The van der Waals surface area contributed by atoms with Crippen LogP contribution in [0.1, 0.15) is 86.6 Å². The number of hydrogen-bond acceptors (Lipinski definition) is 4. The summed E-state index contributed by atoms with van der Waals surface area (Å²) >= 11 is 1.23. The van der Waals surface area contributed by atoms with Gasteiger partial charge in [0.1, 0.15) is 5.01 Å². The van der Waals surface area contributed by atoms with E-state index >= 15 is 0 Å². The second-order valence-electron chi connectivity index (χ2n) is 11.8. The van der Waals surface area contributed by atoms with Gasteiger partial charge in [-0.2, -0.15) is 13.2 Å². The van der Waals surface area contributed by atoms with Crippen LogP contribution in [0.3, 0.4) is 0 Å². The van der Waals surface area contributed by atoms with E-state index in [1.807, 2.05) is 56.9 Å². The molecule has 0 bridgehead atoms. The van der Waals surface area contributed by atoms with Gasteiger partial charge in [0.2, 0.25) is 0 Å². The van der Waals surface area contributed by atoms with Crippen LogP contribution in [0.15, 0.2) is 64.3 Å². The second kappa shape index (κ2) is 13.2. The molecule has 0 saturated carbocycles. The number of pyridine rings is 1. The Bertz CT molecular complexity index is 1780. The van der Waals surface area contributed by atoms with E-state index in [-0.39, 0.29) is 23.1 Å². The van der Waals surface area contributed by atoms with Gasteiger partial charge in [-0.1, -0.05) is 49.8 Å². The second-order valence-corrected chi connectivity index (χ2v) is 12.7. The highest BCUT2D eigenvalue weighted by Gasteiger charge is 2.31. The summed E-state index contributed by atoms with van der Waals surface area (Å²) in [5.41, 5.74) is 4.90. The molecule has 0 radical (unpaired) electrons. The van der Waals surface area contributed by atoms with E-state index < -0.39 is 11.7 Å². The molecule has 3 heterocycles. The topological polar surface area (TPSA) is 55.2 Å². The van der Waals surface area contributed by atoms with E-state index in [1.165, 1.54) is 23.5 Å². The van der Waals surface area contributed by atoms with E-state index in [4.69, 9.17) is 4.98 Å². The first-order valence-electron chi connectivity index (χ1n) is 15.4. The number of thiazole rings is 1. The maximum atomic E-state index is 14.7. The van der Waals surface area contributed by atoms with E-state index in [0.29, 0.717) is 46.9 Å². The third-order valence-corrected chi connectivity index (χ3v) is 9.27. The van der Waals surface area contributed by atoms with Crippen LogP contribution in [-0.4, -0.2) is 32.9 Å². The monoisotopic (exact) mass is 633 g/mol. The summed E-state index contributed by atoms with van der Waals surface area (Å²) in [6.45, 7) is 10.7. The lowest BCUT2D eigenvalue weighted by Crippen LogP contribution is -2.43. The van der Waals surface area contributed by atoms with Crippen molar-refractivity contribution in [2.24, 2.45) is 0 Å². The number of benzene rings is 2. The van der Waals surface area contributed by atoms with Crippen molar-refractivity contribution in [1.29, 1.82) is 0 Å². The zero-order valence-corrected chi connectivity index (χ0v) is 27.1. The summed E-state index contributed by atoms with van der Waals surface area (Å²) < 4.78 is 41.2. The molecule has 45 heavy (non-hydrogen) atoms. The van der Waals surface area contributed by atoms with Crippen LogP contribution in [0.2, 0.25) is 0 Å². The minimum absolute atomic E-state index is 0.0647. The Morgan fingerprint density at radius 3 is 2.29 bits per heavy atom. The smallest absolute Gasteiger partial charge is 0.336 e. The van der Waals surface area contributed by atoms with Gasteiger partial charge in [0.15, 0.2) is 0 Å². The first kappa shape index (κ1) is 32.4. The van der Waals surface area contributed by atoms with Crippen molar-refractivity contribution in [2.45, 2.75) is 78.9 Å². The zero-order valence-electron chi connectivity index (χ0n) is 26.3. The van der Waals surface area contributed by atoms with Gasteiger partial charge in [-0.25, -0.2) is 4.98 Å². The third kappa shape index (κ3) is 6.54. The van der Waals surface area contributed by atoms with Crippen LogP contribution in [0.5, 0.6) is 0 Å². The first-order chi connectivity index (χ1) is 21.4. The lowest BCUT2D eigenvalue weighted by atomic mass is 9.98. The molecular weight excluding hydrogens is 595 g/mol. The fourth-order valence-corrected chi connectivity index (χ4v) is 6.85. The number of aryl methyl sites for hydroxylation is 2. The van der Waals surface area contributed by atoms with Crippen LogP contribution in [0.25, 0.3) is 33.6 Å². The van der Waals surface area contributed by atoms with Crippen molar-refractivity contribution in [2.75, 3.05) is 6.54 Å². The number of para-hydroxylation sites is 1. The number of carbonyl (C=O) groups excluding carboxylic acids is 1. The fourth-order valence-electron chi connectivity index (χ4n) is 6.01. The molecule has 0 N–H and O–H groups in total. The molecule has 9 heteroatoms. The Balaban J connectivity index is 1.78. The summed E-state index contributed by atoms with van der Waals surface area (Å²) in [4.78, 5) is 35.7. The molecule has 1 fully saturated rings. The molecule has 1 atom stereocenters. The van der Waals surface area contributed by atoms with Crippen LogP contribution >= 0.6 is 11.3 Å². The van der Waals surface area contributed by atoms with Gasteiger partial charge >= 0.3 is 6.18 Å². The van der Waals surface area contributed by atoms with Crippen molar-refractivity contribution in [1.82, 2.24) is 14.5 Å². The maximum absolute atomic E-state index is 14.7. The molecular formula is C36H38F3N3O2S. The molecule has 1 saturated heterocycles. The fraction of sp³-hybridized carbons (Fsp3) is 0.361. The lowest BCUT2D eigenvalue weighted by Gasteiger charge is -2.34. The number of allylic oxidation sites excluding steroid dienone is 1. The Morgan fingerprint density at radius 1 is 1.04 bits per heavy atom. The molecule has 2 aromatic carbocycles. The van der Waals surface area contributed by atoms with Gasteiger partial charge < -0.3 is 4.90 Å². The van der Waals surface area contributed by atoms with Crippen molar-refractivity contribution in [3.8, 4) is 27.5 Å². The molecule has 1 aliphatic heterocycles. The molecule has 1 aliphatic rings. The number of halogens is 3. The molecule has 236 valence electrons. The summed E-state index contributed by atoms with van der Waals surface area (Å²) in [5.74, 6) is -0.128. The average Bonchev–Trinajstić information content (AvgIpc) is 3.50. The molecule has 0 spiro atoms. The molecule has 0 aliphatic carbocycles. The van der Waals surface area contributed by atoms with Crippen molar-refractivity contribution >= 4 is 23.3 Å². The Labute approximate surface area is 266 Å². The largest absolute Gasteiger partial charge is 0.416 e. The summed E-state index contributed by atoms with van der Waals surface area (Å²) in [6, 6.07) is 12.6. The summed E-state index contributed by atoms with van der Waals surface area (Å²) in [7, 11) is 0. The minimum Gasteiger partial charge on any atom is -0.336 e. The number of amides is 1. The highest BCUT2D eigenvalue weighted by Crippen LogP contribution is 2.34. The molecule has 5 nitrogen and oxygen atoms in total. The molecule has 5 rings (SSSR count). The van der Waals surface area contributed by atoms with Crippen LogP contribution < -0.4 is 5.56 Å². The lowest BCUT2D eigenvalue weighted by molar-refractivity contribution is -0.137. The quantitative estimate of drug-likeness (QED) is 0.204. The Hall–Kier alpha value is -3.98. The van der Waals surface area contributed by atoms with E-state index in [2.05, 4.69) is 6.92 Å². The number of alkyl halides is 3.